The van der Waals surface area contributed by atoms with Gasteiger partial charge in [0.05, 0.1) is 16.5 Å². The fourth-order valence-corrected chi connectivity index (χ4v) is 3.40. The largest absolute Gasteiger partial charge is 0.356 e. The maximum absolute atomic E-state index is 14.5. The molecule has 0 fully saturated rings. The van der Waals surface area contributed by atoms with Gasteiger partial charge in [0.1, 0.15) is 5.82 Å². The average Bonchev–Trinajstić information content (AvgIpc) is 3.04. The molecule has 26 heavy (non-hydrogen) atoms. The molecule has 3 aromatic rings. The van der Waals surface area contributed by atoms with Gasteiger partial charge >= 0.3 is 0 Å². The van der Waals surface area contributed by atoms with Gasteiger partial charge in [-0.1, -0.05) is 47.6 Å². The highest BCUT2D eigenvalue weighted by molar-refractivity contribution is 7.99. The molecule has 0 aliphatic carbocycles. The Bertz CT molecular complexity index is 931. The van der Waals surface area contributed by atoms with Gasteiger partial charge in [-0.2, -0.15) is 0 Å². The number of carbonyl (C=O) groups excluding carboxylic acids is 1. The van der Waals surface area contributed by atoms with Crippen LogP contribution in [-0.2, 0) is 4.79 Å². The van der Waals surface area contributed by atoms with Crippen molar-refractivity contribution < 1.29 is 9.18 Å². The molecule has 0 atom stereocenters. The van der Waals surface area contributed by atoms with Crippen molar-refractivity contribution in [3.8, 4) is 17.1 Å². The summed E-state index contributed by atoms with van der Waals surface area (Å²) in [4.78, 5) is 11.8. The molecule has 1 heterocycles. The van der Waals surface area contributed by atoms with Crippen LogP contribution in [0.4, 0.5) is 4.39 Å². The van der Waals surface area contributed by atoms with Crippen molar-refractivity contribution in [2.24, 2.45) is 0 Å². The van der Waals surface area contributed by atoms with Crippen LogP contribution in [0.1, 0.15) is 6.92 Å². The molecule has 0 bridgehead atoms. The number of hydrogen-bond acceptors (Lipinski definition) is 4. The number of aromatic nitrogens is 3. The molecule has 8 heteroatoms. The van der Waals surface area contributed by atoms with Crippen LogP contribution in [0.5, 0.6) is 0 Å². The summed E-state index contributed by atoms with van der Waals surface area (Å²) in [6.45, 7) is 2.39. The summed E-state index contributed by atoms with van der Waals surface area (Å²) in [5.74, 6) is 0.0302. The number of thioether (sulfide) groups is 1. The molecule has 3 rings (SSSR count). The van der Waals surface area contributed by atoms with Gasteiger partial charge < -0.3 is 5.32 Å². The molecule has 0 radical (unpaired) electrons. The lowest BCUT2D eigenvalue weighted by Gasteiger charge is -2.12. The monoisotopic (exact) mass is 390 g/mol. The van der Waals surface area contributed by atoms with Crippen LogP contribution in [0.3, 0.4) is 0 Å². The summed E-state index contributed by atoms with van der Waals surface area (Å²) >= 11 is 7.48. The number of para-hydroxylation sites is 1. The van der Waals surface area contributed by atoms with Gasteiger partial charge in [0, 0.05) is 12.1 Å². The molecule has 1 N–H and O–H groups in total. The predicted molar refractivity (Wildman–Crippen MR) is 101 cm³/mol. The molecule has 0 saturated carbocycles. The van der Waals surface area contributed by atoms with Crippen molar-refractivity contribution in [1.82, 2.24) is 20.1 Å². The topological polar surface area (TPSA) is 59.8 Å². The smallest absolute Gasteiger partial charge is 0.230 e. The second kappa shape index (κ2) is 8.33. The summed E-state index contributed by atoms with van der Waals surface area (Å²) in [7, 11) is 0. The van der Waals surface area contributed by atoms with Gasteiger partial charge in [-0.05, 0) is 31.2 Å². The van der Waals surface area contributed by atoms with E-state index in [1.807, 2.05) is 13.0 Å². The first-order valence-electron chi connectivity index (χ1n) is 7.96. The molecule has 1 amide bonds. The highest BCUT2D eigenvalue weighted by Crippen LogP contribution is 2.32. The van der Waals surface area contributed by atoms with Gasteiger partial charge in [0.25, 0.3) is 0 Å². The minimum atomic E-state index is -0.416. The summed E-state index contributed by atoms with van der Waals surface area (Å²) in [6, 6.07) is 13.5. The number of benzene rings is 2. The van der Waals surface area contributed by atoms with Crippen molar-refractivity contribution >= 4 is 29.3 Å². The first-order valence-corrected chi connectivity index (χ1v) is 9.33. The second-order valence-electron chi connectivity index (χ2n) is 5.32. The highest BCUT2D eigenvalue weighted by Gasteiger charge is 2.20. The maximum atomic E-state index is 14.5. The van der Waals surface area contributed by atoms with Gasteiger partial charge in [0.2, 0.25) is 5.91 Å². The van der Waals surface area contributed by atoms with Crippen LogP contribution in [0.15, 0.2) is 53.7 Å². The van der Waals surface area contributed by atoms with Crippen molar-refractivity contribution in [3.05, 3.63) is 59.4 Å². The average molecular weight is 391 g/mol. The third kappa shape index (κ3) is 3.89. The molecular weight excluding hydrogens is 375 g/mol. The zero-order valence-corrected chi connectivity index (χ0v) is 15.5. The van der Waals surface area contributed by atoms with Crippen molar-refractivity contribution in [2.75, 3.05) is 12.3 Å². The Labute approximate surface area is 159 Å². The lowest BCUT2D eigenvalue weighted by Crippen LogP contribution is -2.24. The lowest BCUT2D eigenvalue weighted by molar-refractivity contribution is -0.118. The fraction of sp³-hybridized carbons (Fsp3) is 0.167. The number of hydrogen-bond donors (Lipinski definition) is 1. The van der Waals surface area contributed by atoms with Crippen LogP contribution >= 0.6 is 23.4 Å². The summed E-state index contributed by atoms with van der Waals surface area (Å²) in [5, 5.41) is 12.0. The van der Waals surface area contributed by atoms with Crippen LogP contribution in [0.25, 0.3) is 17.1 Å². The van der Waals surface area contributed by atoms with Crippen LogP contribution < -0.4 is 5.32 Å². The van der Waals surface area contributed by atoms with Gasteiger partial charge in [-0.3, -0.25) is 9.36 Å². The van der Waals surface area contributed by atoms with E-state index in [2.05, 4.69) is 15.5 Å². The number of amides is 1. The Morgan fingerprint density at radius 1 is 1.19 bits per heavy atom. The van der Waals surface area contributed by atoms with Crippen LogP contribution in [0, 0.1) is 5.82 Å². The lowest BCUT2D eigenvalue weighted by atomic mass is 10.2. The molecule has 0 saturated heterocycles. The molecule has 1 aromatic heterocycles. The standard InChI is InChI=1S/C18H16ClFN4OS/c1-2-21-16(25)11-26-18-23-22-17(12-7-3-4-8-13(12)19)24(18)15-10-6-5-9-14(15)20/h3-10H,2,11H2,1H3,(H,21,25). The zero-order valence-electron chi connectivity index (χ0n) is 13.9. The van der Waals surface area contributed by atoms with Crippen molar-refractivity contribution in [2.45, 2.75) is 12.1 Å². The Hall–Kier alpha value is -2.38. The Morgan fingerprint density at radius 3 is 2.65 bits per heavy atom. The van der Waals surface area contributed by atoms with E-state index in [1.54, 1.807) is 41.0 Å². The van der Waals surface area contributed by atoms with Gasteiger partial charge in [-0.15, -0.1) is 10.2 Å². The van der Waals surface area contributed by atoms with Crippen LogP contribution in [0.2, 0.25) is 5.02 Å². The SMILES string of the molecule is CCNC(=O)CSc1nnc(-c2ccccc2Cl)n1-c1ccccc1F. The quantitative estimate of drug-likeness (QED) is 0.647. The molecule has 0 spiro atoms. The fourth-order valence-electron chi connectivity index (χ4n) is 2.41. The third-order valence-electron chi connectivity index (χ3n) is 3.55. The Balaban J connectivity index is 2.08. The summed E-state index contributed by atoms with van der Waals surface area (Å²) in [6.07, 6.45) is 0. The number of nitrogens with one attached hydrogen (secondary N) is 1. The van der Waals surface area contributed by atoms with E-state index < -0.39 is 5.82 Å². The van der Waals surface area contributed by atoms with Crippen molar-refractivity contribution in [1.29, 1.82) is 0 Å². The molecule has 0 aliphatic rings. The molecule has 0 unspecified atom stereocenters. The maximum Gasteiger partial charge on any atom is 0.230 e. The molecular formula is C18H16ClFN4OS. The summed E-state index contributed by atoms with van der Waals surface area (Å²) < 4.78 is 16.0. The number of carbonyl (C=O) groups is 1. The van der Waals surface area contributed by atoms with E-state index in [0.717, 1.165) is 0 Å². The number of nitrogens with zero attached hydrogens (tertiary/aromatic N) is 3. The Kier molecular flexibility index (Phi) is 5.90. The second-order valence-corrected chi connectivity index (χ2v) is 6.66. The van der Waals surface area contributed by atoms with Crippen LogP contribution in [-0.4, -0.2) is 33.0 Å². The van der Waals surface area contributed by atoms with Gasteiger partial charge in [0.15, 0.2) is 11.0 Å². The molecule has 2 aromatic carbocycles. The van der Waals surface area contributed by atoms with E-state index in [-0.39, 0.29) is 11.7 Å². The highest BCUT2D eigenvalue weighted by atomic mass is 35.5. The van der Waals surface area contributed by atoms with E-state index in [4.69, 9.17) is 11.6 Å². The molecule has 134 valence electrons. The number of halogens is 2. The summed E-state index contributed by atoms with van der Waals surface area (Å²) in [5.41, 5.74) is 0.931. The zero-order chi connectivity index (χ0) is 18.5. The van der Waals surface area contributed by atoms with E-state index in [0.29, 0.717) is 33.8 Å². The predicted octanol–water partition coefficient (Wildman–Crippen LogP) is 3.96. The third-order valence-corrected chi connectivity index (χ3v) is 4.81. The van der Waals surface area contributed by atoms with E-state index in [1.165, 1.54) is 17.8 Å². The van der Waals surface area contributed by atoms with E-state index >= 15 is 0 Å². The minimum Gasteiger partial charge on any atom is -0.356 e. The van der Waals surface area contributed by atoms with Crippen molar-refractivity contribution in [3.63, 3.8) is 0 Å². The Morgan fingerprint density at radius 2 is 1.92 bits per heavy atom. The number of rotatable bonds is 6. The first kappa shape index (κ1) is 18.4. The van der Waals surface area contributed by atoms with E-state index in [9.17, 15) is 9.18 Å². The minimum absolute atomic E-state index is 0.125. The molecule has 5 nitrogen and oxygen atoms in total. The normalized spacial score (nSPS) is 10.7. The van der Waals surface area contributed by atoms with Gasteiger partial charge in [-0.25, -0.2) is 4.39 Å². The first-order chi connectivity index (χ1) is 12.6. The molecule has 0 aliphatic heterocycles.